The Morgan fingerprint density at radius 2 is 2.03 bits per heavy atom. The van der Waals surface area contributed by atoms with Gasteiger partial charge in [-0.15, -0.1) is 0 Å². The molecule has 0 unspecified atom stereocenters. The zero-order valence-electron chi connectivity index (χ0n) is 15.4. The number of carboxylic acid groups (broad SMARTS) is 1. The van der Waals surface area contributed by atoms with Crippen molar-refractivity contribution in [3.63, 3.8) is 0 Å². The summed E-state index contributed by atoms with van der Waals surface area (Å²) in [5.74, 6) is -0.901. The molecular formula is C21H14Br2ClN2O4-. The minimum atomic E-state index is -1.44. The average molecular weight is 554 g/mol. The molecule has 0 amide bonds. The highest BCUT2D eigenvalue weighted by Gasteiger charge is 2.12. The van der Waals surface area contributed by atoms with Crippen molar-refractivity contribution >= 4 is 62.1 Å². The van der Waals surface area contributed by atoms with Gasteiger partial charge >= 0.3 is 0 Å². The molecule has 0 saturated carbocycles. The van der Waals surface area contributed by atoms with E-state index in [4.69, 9.17) is 16.3 Å². The van der Waals surface area contributed by atoms with Crippen LogP contribution in [0, 0.1) is 0 Å². The van der Waals surface area contributed by atoms with Crippen LogP contribution in [-0.4, -0.2) is 22.4 Å². The number of rotatable bonds is 6. The predicted molar refractivity (Wildman–Crippen MR) is 122 cm³/mol. The zero-order chi connectivity index (χ0) is 22.0. The fraction of sp³-hybridized carbons (Fsp3) is 0.0476. The normalized spacial score (nSPS) is 11.5. The van der Waals surface area contributed by atoms with Gasteiger partial charge in [0.25, 0.3) is 5.56 Å². The van der Waals surface area contributed by atoms with E-state index in [0.29, 0.717) is 21.1 Å². The smallest absolute Gasteiger partial charge is 0.279 e. The summed E-state index contributed by atoms with van der Waals surface area (Å²) >= 11 is 12.8. The SMILES string of the molecule is C=CCOc1c(Br)cc(Br)cc1C=c1c(=C)[nH]n(-c2ccc(Cl)c(C(=O)[O-])c2)c1=O. The molecule has 0 aliphatic carbocycles. The lowest BCUT2D eigenvalue weighted by Crippen LogP contribution is -2.34. The third-order valence-electron chi connectivity index (χ3n) is 4.12. The maximum absolute atomic E-state index is 13.0. The molecule has 0 radical (unpaired) electrons. The van der Waals surface area contributed by atoms with Gasteiger partial charge in [0.1, 0.15) is 12.4 Å². The van der Waals surface area contributed by atoms with Crippen LogP contribution in [-0.2, 0) is 0 Å². The van der Waals surface area contributed by atoms with Crippen molar-refractivity contribution in [2.75, 3.05) is 6.61 Å². The highest BCUT2D eigenvalue weighted by atomic mass is 79.9. The third-order valence-corrected chi connectivity index (χ3v) is 5.49. The monoisotopic (exact) mass is 551 g/mol. The number of hydrogen-bond acceptors (Lipinski definition) is 4. The van der Waals surface area contributed by atoms with Gasteiger partial charge in [-0.2, -0.15) is 0 Å². The Kier molecular flexibility index (Phi) is 6.70. The minimum Gasteiger partial charge on any atom is -0.545 e. The van der Waals surface area contributed by atoms with Crippen LogP contribution in [0.25, 0.3) is 18.3 Å². The summed E-state index contributed by atoms with van der Waals surface area (Å²) < 4.78 is 8.39. The van der Waals surface area contributed by atoms with Crippen LogP contribution in [0.4, 0.5) is 0 Å². The van der Waals surface area contributed by atoms with E-state index in [1.54, 1.807) is 18.2 Å². The van der Waals surface area contributed by atoms with Crippen LogP contribution < -0.4 is 26.0 Å². The van der Waals surface area contributed by atoms with Crippen LogP contribution in [0.5, 0.6) is 5.75 Å². The van der Waals surface area contributed by atoms with E-state index >= 15 is 0 Å². The highest BCUT2D eigenvalue weighted by molar-refractivity contribution is 9.11. The summed E-state index contributed by atoms with van der Waals surface area (Å²) in [7, 11) is 0. The Morgan fingerprint density at radius 3 is 2.70 bits per heavy atom. The fourth-order valence-electron chi connectivity index (χ4n) is 2.77. The molecule has 1 N–H and O–H groups in total. The molecule has 0 aliphatic heterocycles. The van der Waals surface area contributed by atoms with Gasteiger partial charge in [0, 0.05) is 20.6 Å². The summed E-state index contributed by atoms with van der Waals surface area (Å²) in [6, 6.07) is 7.78. The molecule has 30 heavy (non-hydrogen) atoms. The number of nitrogens with one attached hydrogen (secondary N) is 1. The maximum atomic E-state index is 13.0. The Bertz CT molecular complexity index is 1330. The molecule has 2 aromatic carbocycles. The molecule has 154 valence electrons. The van der Waals surface area contributed by atoms with E-state index in [1.807, 2.05) is 6.07 Å². The topological polar surface area (TPSA) is 87.2 Å². The number of aromatic amines is 1. The van der Waals surface area contributed by atoms with Gasteiger partial charge in [0.05, 0.1) is 26.7 Å². The lowest BCUT2D eigenvalue weighted by atomic mass is 10.1. The van der Waals surface area contributed by atoms with Crippen molar-refractivity contribution < 1.29 is 14.6 Å². The number of benzene rings is 2. The summed E-state index contributed by atoms with van der Waals surface area (Å²) in [6.45, 7) is 7.82. The molecule has 9 heteroatoms. The standard InChI is InChI=1S/C21H15Br2ClN2O4/c1-3-6-30-19-12(7-13(22)9-17(19)23)8-15-11(2)25-26(20(15)27)14-4-5-18(24)16(10-14)21(28)29/h3-5,7-10,25H,1-2,6H2,(H,28,29)/p-1. The summed E-state index contributed by atoms with van der Waals surface area (Å²) in [5, 5.41) is 14.7. The van der Waals surface area contributed by atoms with Gasteiger partial charge in [-0.05, 0) is 52.3 Å². The van der Waals surface area contributed by atoms with Crippen LogP contribution in [0.3, 0.4) is 0 Å². The molecule has 0 bridgehead atoms. The number of carbonyl (C=O) groups is 1. The molecule has 1 aromatic heterocycles. The van der Waals surface area contributed by atoms with Gasteiger partial charge in [-0.25, -0.2) is 4.68 Å². The first-order chi connectivity index (χ1) is 14.2. The quantitative estimate of drug-likeness (QED) is 0.476. The minimum absolute atomic E-state index is 0.0167. The van der Waals surface area contributed by atoms with Crippen LogP contribution in [0.15, 0.2) is 56.7 Å². The Labute approximate surface area is 193 Å². The lowest BCUT2D eigenvalue weighted by Gasteiger charge is -2.10. The number of H-pyrrole nitrogens is 1. The second kappa shape index (κ2) is 9.07. The molecule has 3 aromatic rings. The van der Waals surface area contributed by atoms with Crippen molar-refractivity contribution in [2.24, 2.45) is 0 Å². The molecule has 0 aliphatic rings. The highest BCUT2D eigenvalue weighted by Crippen LogP contribution is 2.33. The number of ether oxygens (including phenoxy) is 1. The molecule has 0 fully saturated rings. The molecule has 1 heterocycles. The van der Waals surface area contributed by atoms with Crippen molar-refractivity contribution in [3.05, 3.63) is 89.0 Å². The first-order valence-electron chi connectivity index (χ1n) is 8.48. The Balaban J connectivity index is 2.21. The van der Waals surface area contributed by atoms with Gasteiger partial charge in [0.15, 0.2) is 0 Å². The van der Waals surface area contributed by atoms with Crippen molar-refractivity contribution in [1.29, 1.82) is 0 Å². The second-order valence-corrected chi connectivity index (χ2v) is 8.32. The van der Waals surface area contributed by atoms with E-state index in [1.165, 1.54) is 22.9 Å². The largest absolute Gasteiger partial charge is 0.545 e. The molecule has 6 nitrogen and oxygen atoms in total. The molecular weight excluding hydrogens is 540 g/mol. The average Bonchev–Trinajstić information content (AvgIpc) is 2.95. The fourth-order valence-corrected chi connectivity index (χ4v) is 4.34. The lowest BCUT2D eigenvalue weighted by molar-refractivity contribution is -0.255. The number of aromatic nitrogens is 2. The van der Waals surface area contributed by atoms with Crippen molar-refractivity contribution in [3.8, 4) is 11.4 Å². The van der Waals surface area contributed by atoms with Crippen LogP contribution in [0.1, 0.15) is 15.9 Å². The number of aromatic carboxylic acids is 1. The van der Waals surface area contributed by atoms with Gasteiger partial charge in [-0.1, -0.05) is 46.8 Å². The van der Waals surface area contributed by atoms with Crippen molar-refractivity contribution in [1.82, 2.24) is 9.78 Å². The van der Waals surface area contributed by atoms with Gasteiger partial charge in [-0.3, -0.25) is 9.89 Å². The number of nitrogens with zero attached hydrogens (tertiary/aromatic N) is 1. The third kappa shape index (κ3) is 4.45. The first-order valence-corrected chi connectivity index (χ1v) is 10.4. The van der Waals surface area contributed by atoms with Crippen LogP contribution in [0.2, 0.25) is 5.02 Å². The number of hydrogen-bond donors (Lipinski definition) is 1. The maximum Gasteiger partial charge on any atom is 0.279 e. The van der Waals surface area contributed by atoms with E-state index in [2.05, 4.69) is 50.1 Å². The molecule has 0 spiro atoms. The summed E-state index contributed by atoms with van der Waals surface area (Å²) in [6.07, 6.45) is 3.25. The molecule has 0 saturated heterocycles. The van der Waals surface area contributed by atoms with E-state index in [-0.39, 0.29) is 28.1 Å². The summed E-state index contributed by atoms with van der Waals surface area (Å²) in [5.41, 5.74) is 0.282. The molecule has 3 rings (SSSR count). The first kappa shape index (κ1) is 22.1. The summed E-state index contributed by atoms with van der Waals surface area (Å²) in [4.78, 5) is 24.3. The number of carboxylic acids is 1. The Hall–Kier alpha value is -2.55. The van der Waals surface area contributed by atoms with E-state index in [9.17, 15) is 14.7 Å². The van der Waals surface area contributed by atoms with Crippen LogP contribution >= 0.6 is 43.5 Å². The number of halogens is 3. The Morgan fingerprint density at radius 1 is 1.30 bits per heavy atom. The van der Waals surface area contributed by atoms with Gasteiger partial charge < -0.3 is 14.6 Å². The van der Waals surface area contributed by atoms with E-state index in [0.717, 1.165) is 4.47 Å². The number of carbonyl (C=O) groups excluding carboxylic acids is 1. The van der Waals surface area contributed by atoms with E-state index < -0.39 is 11.5 Å². The van der Waals surface area contributed by atoms with Gasteiger partial charge in [0.2, 0.25) is 0 Å². The predicted octanol–water partition coefficient (Wildman–Crippen LogP) is 2.51. The zero-order valence-corrected chi connectivity index (χ0v) is 19.3. The molecule has 0 atom stereocenters. The second-order valence-electron chi connectivity index (χ2n) is 6.15. The van der Waals surface area contributed by atoms with Crippen molar-refractivity contribution in [2.45, 2.75) is 0 Å².